The first kappa shape index (κ1) is 17.5. The second-order valence-corrected chi connectivity index (χ2v) is 6.78. The van der Waals surface area contributed by atoms with Crippen LogP contribution < -0.4 is 0 Å². The molecule has 0 atom stereocenters. The van der Waals surface area contributed by atoms with E-state index in [0.717, 1.165) is 5.69 Å². The molecule has 1 aliphatic rings. The molecule has 0 radical (unpaired) electrons. The Kier molecular flexibility index (Phi) is 5.37. The average Bonchev–Trinajstić information content (AvgIpc) is 2.94. The summed E-state index contributed by atoms with van der Waals surface area (Å²) in [6.45, 7) is 4.37. The Hall–Kier alpha value is -2.36. The van der Waals surface area contributed by atoms with Crippen LogP contribution in [0.15, 0.2) is 35.3 Å². The minimum atomic E-state index is -0.327. The number of aromatic nitrogens is 1. The lowest BCUT2D eigenvalue weighted by molar-refractivity contribution is 0.0601. The highest BCUT2D eigenvalue weighted by Crippen LogP contribution is 2.32. The lowest BCUT2D eigenvalue weighted by Gasteiger charge is -2.26. The number of carbonyl (C=O) groups is 1. The van der Waals surface area contributed by atoms with Crippen molar-refractivity contribution in [3.63, 3.8) is 0 Å². The van der Waals surface area contributed by atoms with Crippen LogP contribution in [0.2, 0.25) is 0 Å². The molecule has 1 fully saturated rings. The molecule has 4 nitrogen and oxygen atoms in total. The number of methoxy groups -OCH3 is 1. The quantitative estimate of drug-likeness (QED) is 0.572. The van der Waals surface area contributed by atoms with E-state index in [1.54, 1.807) is 12.1 Å². The van der Waals surface area contributed by atoms with Crippen molar-refractivity contribution in [2.75, 3.05) is 7.11 Å². The number of aryl methyl sites for hydroxylation is 1. The van der Waals surface area contributed by atoms with Gasteiger partial charge >= 0.3 is 5.97 Å². The number of esters is 1. The number of hydrogen-bond acceptors (Lipinski definition) is 3. The predicted octanol–water partition coefficient (Wildman–Crippen LogP) is 5.15. The van der Waals surface area contributed by atoms with Crippen molar-refractivity contribution in [3.8, 4) is 0 Å². The van der Waals surface area contributed by atoms with Crippen molar-refractivity contribution in [3.05, 3.63) is 52.8 Å². The maximum absolute atomic E-state index is 11.5. The van der Waals surface area contributed by atoms with E-state index in [9.17, 15) is 4.79 Å². The van der Waals surface area contributed by atoms with Crippen molar-refractivity contribution < 1.29 is 9.53 Å². The SMILES string of the molecule is COC(=O)c1ccc(N=Cc2cc(C)n(C3CCCCC3)c2C)cc1. The lowest BCUT2D eigenvalue weighted by Crippen LogP contribution is -2.15. The van der Waals surface area contributed by atoms with E-state index in [1.165, 1.54) is 56.2 Å². The molecule has 132 valence electrons. The Morgan fingerprint density at radius 1 is 1.16 bits per heavy atom. The van der Waals surface area contributed by atoms with Gasteiger partial charge in [0.25, 0.3) is 0 Å². The molecule has 1 aromatic carbocycles. The molecule has 1 saturated carbocycles. The Morgan fingerprint density at radius 2 is 1.84 bits per heavy atom. The zero-order valence-corrected chi connectivity index (χ0v) is 15.3. The summed E-state index contributed by atoms with van der Waals surface area (Å²) in [5.74, 6) is -0.327. The van der Waals surface area contributed by atoms with Crippen LogP contribution in [-0.4, -0.2) is 23.9 Å². The molecule has 25 heavy (non-hydrogen) atoms. The maximum Gasteiger partial charge on any atom is 0.337 e. The molecule has 0 amide bonds. The first-order valence-corrected chi connectivity index (χ1v) is 9.01. The summed E-state index contributed by atoms with van der Waals surface area (Å²) in [5.41, 5.74) is 5.14. The van der Waals surface area contributed by atoms with Crippen LogP contribution in [0, 0.1) is 13.8 Å². The van der Waals surface area contributed by atoms with Crippen molar-refractivity contribution >= 4 is 17.9 Å². The van der Waals surface area contributed by atoms with Crippen molar-refractivity contribution in [1.82, 2.24) is 4.57 Å². The zero-order valence-electron chi connectivity index (χ0n) is 15.3. The highest BCUT2D eigenvalue weighted by molar-refractivity contribution is 5.90. The summed E-state index contributed by atoms with van der Waals surface area (Å²) in [6, 6.07) is 10.0. The molecule has 0 aliphatic heterocycles. The van der Waals surface area contributed by atoms with Gasteiger partial charge in [-0.15, -0.1) is 0 Å². The Labute approximate surface area is 149 Å². The molecule has 3 rings (SSSR count). The third kappa shape index (κ3) is 3.84. The van der Waals surface area contributed by atoms with Gasteiger partial charge in [-0.2, -0.15) is 0 Å². The van der Waals surface area contributed by atoms with Crippen LogP contribution in [0.4, 0.5) is 5.69 Å². The zero-order chi connectivity index (χ0) is 17.8. The summed E-state index contributed by atoms with van der Waals surface area (Å²) >= 11 is 0. The van der Waals surface area contributed by atoms with Crippen LogP contribution in [0.1, 0.15) is 65.5 Å². The molecular weight excluding hydrogens is 312 g/mol. The standard InChI is InChI=1S/C21H26N2O2/c1-15-13-18(16(2)23(15)20-7-5-4-6-8-20)14-22-19-11-9-17(10-12-19)21(24)25-3/h9-14,20H,4-8H2,1-3H3. The summed E-state index contributed by atoms with van der Waals surface area (Å²) < 4.78 is 7.20. The molecule has 1 aromatic heterocycles. The first-order valence-electron chi connectivity index (χ1n) is 9.01. The monoisotopic (exact) mass is 338 g/mol. The van der Waals surface area contributed by atoms with E-state index in [-0.39, 0.29) is 5.97 Å². The van der Waals surface area contributed by atoms with Gasteiger partial charge in [-0.25, -0.2) is 4.79 Å². The predicted molar refractivity (Wildman–Crippen MR) is 101 cm³/mol. The Bertz CT molecular complexity index is 766. The summed E-state index contributed by atoms with van der Waals surface area (Å²) in [4.78, 5) is 16.0. The smallest absolute Gasteiger partial charge is 0.337 e. The van der Waals surface area contributed by atoms with Gasteiger partial charge in [-0.3, -0.25) is 4.99 Å². The fourth-order valence-corrected chi connectivity index (χ4v) is 3.78. The van der Waals surface area contributed by atoms with Gasteiger partial charge in [-0.1, -0.05) is 19.3 Å². The second-order valence-electron chi connectivity index (χ2n) is 6.78. The van der Waals surface area contributed by atoms with E-state index < -0.39 is 0 Å². The Morgan fingerprint density at radius 3 is 2.48 bits per heavy atom. The Balaban J connectivity index is 1.78. The topological polar surface area (TPSA) is 43.6 Å². The molecular formula is C21H26N2O2. The number of rotatable bonds is 4. The normalized spacial score (nSPS) is 15.6. The van der Waals surface area contributed by atoms with Gasteiger partial charge in [0, 0.05) is 29.2 Å². The van der Waals surface area contributed by atoms with Crippen LogP contribution >= 0.6 is 0 Å². The van der Waals surface area contributed by atoms with E-state index in [4.69, 9.17) is 4.74 Å². The molecule has 0 unspecified atom stereocenters. The third-order valence-electron chi connectivity index (χ3n) is 5.10. The van der Waals surface area contributed by atoms with Gasteiger partial charge in [0.1, 0.15) is 0 Å². The molecule has 0 N–H and O–H groups in total. The van der Waals surface area contributed by atoms with Crippen molar-refractivity contribution in [2.24, 2.45) is 4.99 Å². The van der Waals surface area contributed by atoms with Gasteiger partial charge < -0.3 is 9.30 Å². The fourth-order valence-electron chi connectivity index (χ4n) is 3.78. The van der Waals surface area contributed by atoms with Gasteiger partial charge in [-0.05, 0) is 57.0 Å². The highest BCUT2D eigenvalue weighted by atomic mass is 16.5. The number of nitrogens with zero attached hydrogens (tertiary/aromatic N) is 2. The van der Waals surface area contributed by atoms with Crippen LogP contribution in [-0.2, 0) is 4.74 Å². The number of aliphatic imine (C=N–C) groups is 1. The number of ether oxygens (including phenoxy) is 1. The van der Waals surface area contributed by atoms with Crippen LogP contribution in [0.3, 0.4) is 0 Å². The summed E-state index contributed by atoms with van der Waals surface area (Å²) in [7, 11) is 1.39. The van der Waals surface area contributed by atoms with E-state index in [0.29, 0.717) is 11.6 Å². The number of carbonyl (C=O) groups excluding carboxylic acids is 1. The maximum atomic E-state index is 11.5. The van der Waals surface area contributed by atoms with E-state index in [1.807, 2.05) is 18.3 Å². The molecule has 0 spiro atoms. The molecule has 2 aromatic rings. The fraction of sp³-hybridized carbons (Fsp3) is 0.429. The van der Waals surface area contributed by atoms with Crippen molar-refractivity contribution in [1.29, 1.82) is 0 Å². The molecule has 4 heteroatoms. The number of hydrogen-bond donors (Lipinski definition) is 0. The molecule has 0 bridgehead atoms. The minimum Gasteiger partial charge on any atom is -0.465 e. The largest absolute Gasteiger partial charge is 0.465 e. The van der Waals surface area contributed by atoms with E-state index >= 15 is 0 Å². The molecule has 1 aliphatic carbocycles. The second kappa shape index (κ2) is 7.68. The summed E-state index contributed by atoms with van der Waals surface area (Å²) in [5, 5.41) is 0. The first-order chi connectivity index (χ1) is 12.1. The minimum absolute atomic E-state index is 0.327. The molecule has 1 heterocycles. The van der Waals surface area contributed by atoms with Gasteiger partial charge in [0.15, 0.2) is 0 Å². The average molecular weight is 338 g/mol. The third-order valence-corrected chi connectivity index (χ3v) is 5.10. The lowest BCUT2D eigenvalue weighted by atomic mass is 9.95. The van der Waals surface area contributed by atoms with Crippen LogP contribution in [0.25, 0.3) is 0 Å². The highest BCUT2D eigenvalue weighted by Gasteiger charge is 2.19. The van der Waals surface area contributed by atoms with Gasteiger partial charge in [0.05, 0.1) is 18.4 Å². The number of benzene rings is 1. The summed E-state index contributed by atoms with van der Waals surface area (Å²) in [6.07, 6.45) is 8.51. The van der Waals surface area contributed by atoms with Crippen molar-refractivity contribution in [2.45, 2.75) is 52.0 Å². The van der Waals surface area contributed by atoms with Gasteiger partial charge in [0.2, 0.25) is 0 Å². The van der Waals surface area contributed by atoms with E-state index in [2.05, 4.69) is 29.5 Å². The van der Waals surface area contributed by atoms with Crippen LogP contribution in [0.5, 0.6) is 0 Å². The molecule has 0 saturated heterocycles.